The molecule has 1 atom stereocenters. The van der Waals surface area contributed by atoms with Crippen LogP contribution in [0.1, 0.15) is 24.8 Å². The van der Waals surface area contributed by atoms with Crippen LogP contribution in [0.25, 0.3) is 0 Å². The first-order valence-corrected chi connectivity index (χ1v) is 8.36. The van der Waals surface area contributed by atoms with E-state index in [1.54, 1.807) is 30.3 Å². The molecule has 1 aliphatic carbocycles. The van der Waals surface area contributed by atoms with Crippen molar-refractivity contribution in [1.29, 1.82) is 0 Å². The summed E-state index contributed by atoms with van der Waals surface area (Å²) in [5.41, 5.74) is -0.117. The summed E-state index contributed by atoms with van der Waals surface area (Å²) < 4.78 is 26.5. The maximum Gasteiger partial charge on any atom is 0.241 e. The number of aryl methyl sites for hydroxylation is 1. The molecule has 4 nitrogen and oxygen atoms in total. The van der Waals surface area contributed by atoms with Crippen LogP contribution < -0.4 is 4.72 Å². The first kappa shape index (κ1) is 15.8. The van der Waals surface area contributed by atoms with Crippen LogP contribution in [0, 0.1) is 18.8 Å². The maximum absolute atomic E-state index is 12.0. The summed E-state index contributed by atoms with van der Waals surface area (Å²) in [6, 6.07) is 6.61. The van der Waals surface area contributed by atoms with Crippen molar-refractivity contribution in [1.82, 2.24) is 4.72 Å². The summed E-state index contributed by atoms with van der Waals surface area (Å²) in [7, 11) is -3.55. The van der Waals surface area contributed by atoms with Crippen LogP contribution >= 0.6 is 0 Å². The van der Waals surface area contributed by atoms with Gasteiger partial charge in [0.1, 0.15) is 5.60 Å². The molecule has 21 heavy (non-hydrogen) atoms. The number of sulfonamides is 1. The van der Waals surface area contributed by atoms with E-state index < -0.39 is 15.6 Å². The van der Waals surface area contributed by atoms with Crippen molar-refractivity contribution in [3.05, 3.63) is 42.0 Å². The lowest BCUT2D eigenvalue weighted by Gasteiger charge is -2.20. The van der Waals surface area contributed by atoms with E-state index >= 15 is 0 Å². The Morgan fingerprint density at radius 1 is 1.33 bits per heavy atom. The zero-order chi connectivity index (χ0) is 15.3. The van der Waals surface area contributed by atoms with Gasteiger partial charge in [-0.15, -0.1) is 0 Å². The van der Waals surface area contributed by atoms with Gasteiger partial charge in [0.15, 0.2) is 0 Å². The minimum Gasteiger partial charge on any atom is -0.374 e. The number of hydrogen-bond donors (Lipinski definition) is 2. The fraction of sp³-hybridized carbons (Fsp3) is 0.375. The Morgan fingerprint density at radius 2 is 2.05 bits per heavy atom. The van der Waals surface area contributed by atoms with E-state index in [-0.39, 0.29) is 11.4 Å². The summed E-state index contributed by atoms with van der Waals surface area (Å²) in [5.74, 6) is 5.41. The Kier molecular flexibility index (Phi) is 4.84. The van der Waals surface area contributed by atoms with Gasteiger partial charge in [0.2, 0.25) is 10.0 Å². The Morgan fingerprint density at radius 3 is 2.67 bits per heavy atom. The number of nitrogens with one attached hydrogen (secondary N) is 1. The Balaban J connectivity index is 1.98. The van der Waals surface area contributed by atoms with E-state index in [1.165, 1.54) is 0 Å². The van der Waals surface area contributed by atoms with E-state index in [1.807, 2.05) is 13.0 Å². The van der Waals surface area contributed by atoms with E-state index in [4.69, 9.17) is 0 Å². The molecule has 0 saturated heterocycles. The summed E-state index contributed by atoms with van der Waals surface area (Å²) >= 11 is 0. The minimum absolute atomic E-state index is 0.0215. The van der Waals surface area contributed by atoms with E-state index in [0.717, 1.165) is 18.4 Å². The maximum atomic E-state index is 12.0. The van der Waals surface area contributed by atoms with Crippen molar-refractivity contribution in [2.75, 3.05) is 6.54 Å². The van der Waals surface area contributed by atoms with Gasteiger partial charge in [-0.05, 0) is 44.4 Å². The Labute approximate surface area is 125 Å². The zero-order valence-electron chi connectivity index (χ0n) is 12.0. The fourth-order valence-corrected chi connectivity index (χ4v) is 3.01. The van der Waals surface area contributed by atoms with Gasteiger partial charge in [-0.1, -0.05) is 35.6 Å². The third kappa shape index (κ3) is 4.43. The second kappa shape index (κ2) is 6.44. The molecule has 1 aromatic carbocycles. The predicted octanol–water partition coefficient (Wildman–Crippen LogP) is 1.75. The molecule has 0 aliphatic heterocycles. The van der Waals surface area contributed by atoms with Crippen molar-refractivity contribution in [2.24, 2.45) is 0 Å². The van der Waals surface area contributed by atoms with Crippen molar-refractivity contribution in [3.8, 4) is 11.8 Å². The fourth-order valence-electron chi connectivity index (χ4n) is 2.08. The molecular formula is C16H19NO3S. The van der Waals surface area contributed by atoms with Crippen LogP contribution in [0.3, 0.4) is 0 Å². The van der Waals surface area contributed by atoms with E-state index in [0.29, 0.717) is 6.42 Å². The molecule has 0 spiro atoms. The molecule has 1 unspecified atom stereocenters. The molecule has 0 fully saturated rings. The molecule has 0 saturated carbocycles. The molecule has 0 heterocycles. The number of rotatable bonds is 3. The van der Waals surface area contributed by atoms with Crippen molar-refractivity contribution in [3.63, 3.8) is 0 Å². The van der Waals surface area contributed by atoms with Crippen LogP contribution in [-0.4, -0.2) is 25.7 Å². The monoisotopic (exact) mass is 305 g/mol. The number of benzene rings is 1. The largest absolute Gasteiger partial charge is 0.374 e. The SMILES string of the molecule is Cc1ccc(S(=O)(=O)NCC#CC2(O)C=CCCC2)cc1. The van der Waals surface area contributed by atoms with Crippen molar-refractivity contribution < 1.29 is 13.5 Å². The number of hydrogen-bond acceptors (Lipinski definition) is 3. The molecule has 1 aromatic rings. The number of aliphatic hydroxyl groups is 1. The summed E-state index contributed by atoms with van der Waals surface area (Å²) in [6.07, 6.45) is 5.99. The van der Waals surface area contributed by atoms with Gasteiger partial charge in [-0.3, -0.25) is 0 Å². The van der Waals surface area contributed by atoms with Gasteiger partial charge < -0.3 is 5.11 Å². The molecule has 0 amide bonds. The predicted molar refractivity (Wildman–Crippen MR) is 82.1 cm³/mol. The highest BCUT2D eigenvalue weighted by atomic mass is 32.2. The Hall–Kier alpha value is -1.61. The third-order valence-electron chi connectivity index (χ3n) is 3.31. The van der Waals surface area contributed by atoms with Crippen LogP contribution in [0.15, 0.2) is 41.3 Å². The van der Waals surface area contributed by atoms with E-state index in [9.17, 15) is 13.5 Å². The highest BCUT2D eigenvalue weighted by molar-refractivity contribution is 7.89. The molecule has 0 radical (unpaired) electrons. The van der Waals surface area contributed by atoms with Gasteiger partial charge in [0.25, 0.3) is 0 Å². The van der Waals surface area contributed by atoms with Crippen molar-refractivity contribution >= 4 is 10.0 Å². The normalized spacial score (nSPS) is 21.6. The summed E-state index contributed by atoms with van der Waals surface area (Å²) in [5, 5.41) is 10.1. The van der Waals surface area contributed by atoms with Crippen molar-refractivity contribution in [2.45, 2.75) is 36.7 Å². The molecule has 1 aliphatic rings. The summed E-state index contributed by atoms with van der Waals surface area (Å²) in [6.45, 7) is 1.88. The van der Waals surface area contributed by atoms with Crippen LogP contribution in [0.5, 0.6) is 0 Å². The average Bonchev–Trinajstić information content (AvgIpc) is 2.45. The molecule has 0 aromatic heterocycles. The first-order valence-electron chi connectivity index (χ1n) is 6.88. The smallest absolute Gasteiger partial charge is 0.241 e. The standard InChI is InChI=1S/C16H19NO3S/c1-14-6-8-15(9-7-14)21(19,20)17-13-5-12-16(18)10-3-2-4-11-16/h3,6-10,17-18H,2,4,11,13H2,1H3. The van der Waals surface area contributed by atoms with Gasteiger partial charge >= 0.3 is 0 Å². The third-order valence-corrected chi connectivity index (χ3v) is 4.73. The highest BCUT2D eigenvalue weighted by Crippen LogP contribution is 2.20. The lowest BCUT2D eigenvalue weighted by molar-refractivity contribution is 0.135. The number of allylic oxidation sites excluding steroid dienone is 1. The van der Waals surface area contributed by atoms with Gasteiger partial charge in [-0.25, -0.2) is 8.42 Å². The van der Waals surface area contributed by atoms with Gasteiger partial charge in [0.05, 0.1) is 11.4 Å². The highest BCUT2D eigenvalue weighted by Gasteiger charge is 2.22. The second-order valence-electron chi connectivity index (χ2n) is 5.16. The molecule has 5 heteroatoms. The van der Waals surface area contributed by atoms with Crippen LogP contribution in [0.4, 0.5) is 0 Å². The summed E-state index contributed by atoms with van der Waals surface area (Å²) in [4.78, 5) is 0.214. The molecular weight excluding hydrogens is 286 g/mol. The topological polar surface area (TPSA) is 66.4 Å². The Bertz CT molecular complexity index is 680. The lowest BCUT2D eigenvalue weighted by atomic mass is 9.92. The average molecular weight is 305 g/mol. The minimum atomic E-state index is -3.55. The first-order chi connectivity index (χ1) is 9.91. The second-order valence-corrected chi connectivity index (χ2v) is 6.93. The zero-order valence-corrected chi connectivity index (χ0v) is 12.8. The van der Waals surface area contributed by atoms with E-state index in [2.05, 4.69) is 16.6 Å². The molecule has 2 N–H and O–H groups in total. The van der Waals surface area contributed by atoms with Crippen LogP contribution in [-0.2, 0) is 10.0 Å². The lowest BCUT2D eigenvalue weighted by Crippen LogP contribution is -2.27. The van der Waals surface area contributed by atoms with Crippen LogP contribution in [0.2, 0.25) is 0 Å². The molecule has 0 bridgehead atoms. The van der Waals surface area contributed by atoms with Gasteiger partial charge in [-0.2, -0.15) is 4.72 Å². The molecule has 2 rings (SSSR count). The quantitative estimate of drug-likeness (QED) is 0.660. The molecule has 112 valence electrons. The van der Waals surface area contributed by atoms with Gasteiger partial charge in [0, 0.05) is 0 Å².